The highest BCUT2D eigenvalue weighted by Crippen LogP contribution is 2.38. The quantitative estimate of drug-likeness (QED) is 0.865. The van der Waals surface area contributed by atoms with E-state index in [1.54, 1.807) is 11.3 Å². The Morgan fingerprint density at radius 1 is 1.54 bits per heavy atom. The largest absolute Gasteiger partial charge is 0.330 e. The van der Waals surface area contributed by atoms with E-state index in [1.807, 2.05) is 0 Å². The smallest absolute Gasteiger partial charge is 0.0285 e. The molecule has 0 radical (unpaired) electrons. The van der Waals surface area contributed by atoms with Gasteiger partial charge in [-0.3, -0.25) is 0 Å². The van der Waals surface area contributed by atoms with Gasteiger partial charge in [-0.2, -0.15) is 0 Å². The van der Waals surface area contributed by atoms with Crippen molar-refractivity contribution in [3.63, 3.8) is 0 Å². The molecule has 0 aliphatic rings. The fourth-order valence-electron chi connectivity index (χ4n) is 1.41. The second kappa shape index (κ2) is 4.11. The van der Waals surface area contributed by atoms with E-state index >= 15 is 0 Å². The number of rotatable bonds is 2. The molecule has 0 saturated carbocycles. The second-order valence-corrected chi connectivity index (χ2v) is 6.18. The number of halogens is 1. The van der Waals surface area contributed by atoms with Crippen molar-refractivity contribution in [1.82, 2.24) is 0 Å². The predicted molar refractivity (Wildman–Crippen MR) is 63.3 cm³/mol. The summed E-state index contributed by atoms with van der Waals surface area (Å²) in [6, 6.07) is 2.17. The molecule has 0 aliphatic heterocycles. The third-order valence-electron chi connectivity index (χ3n) is 2.21. The zero-order valence-corrected chi connectivity index (χ0v) is 10.7. The summed E-state index contributed by atoms with van der Waals surface area (Å²) in [6.45, 7) is 7.42. The van der Waals surface area contributed by atoms with Crippen LogP contribution in [0.4, 0.5) is 0 Å². The molecule has 2 N–H and O–H groups in total. The van der Waals surface area contributed by atoms with E-state index in [-0.39, 0.29) is 5.41 Å². The van der Waals surface area contributed by atoms with Crippen LogP contribution in [0, 0.1) is 5.41 Å². The second-order valence-electron chi connectivity index (χ2n) is 4.32. The molecule has 3 heteroatoms. The van der Waals surface area contributed by atoms with Crippen LogP contribution < -0.4 is 5.73 Å². The average molecular weight is 262 g/mol. The summed E-state index contributed by atoms with van der Waals surface area (Å²) in [6.07, 6.45) is 0. The van der Waals surface area contributed by atoms with Crippen LogP contribution in [0.15, 0.2) is 15.9 Å². The van der Waals surface area contributed by atoms with Gasteiger partial charge in [-0.05, 0) is 27.4 Å². The van der Waals surface area contributed by atoms with Gasteiger partial charge >= 0.3 is 0 Å². The van der Waals surface area contributed by atoms with Crippen LogP contribution >= 0.6 is 27.3 Å². The molecule has 1 aromatic rings. The highest BCUT2D eigenvalue weighted by atomic mass is 79.9. The molecule has 1 unspecified atom stereocenters. The van der Waals surface area contributed by atoms with Crippen molar-refractivity contribution in [2.24, 2.45) is 11.1 Å². The first-order valence-corrected chi connectivity index (χ1v) is 6.06. The maximum atomic E-state index is 5.79. The first kappa shape index (κ1) is 11.2. The van der Waals surface area contributed by atoms with Gasteiger partial charge in [-0.25, -0.2) is 0 Å². The van der Waals surface area contributed by atoms with Crippen LogP contribution in [0.3, 0.4) is 0 Å². The first-order valence-electron chi connectivity index (χ1n) is 4.39. The van der Waals surface area contributed by atoms with Crippen LogP contribution in [0.2, 0.25) is 0 Å². The fourth-order valence-corrected chi connectivity index (χ4v) is 3.21. The molecule has 1 nitrogen and oxygen atoms in total. The summed E-state index contributed by atoms with van der Waals surface area (Å²) < 4.78 is 1.16. The summed E-state index contributed by atoms with van der Waals surface area (Å²) >= 11 is 5.25. The Labute approximate surface area is 92.5 Å². The van der Waals surface area contributed by atoms with E-state index in [0.29, 0.717) is 5.92 Å². The van der Waals surface area contributed by atoms with Crippen molar-refractivity contribution in [3.05, 3.63) is 20.8 Å². The van der Waals surface area contributed by atoms with Gasteiger partial charge in [-0.1, -0.05) is 20.8 Å². The van der Waals surface area contributed by atoms with Crippen molar-refractivity contribution in [1.29, 1.82) is 0 Å². The fraction of sp³-hybridized carbons (Fsp3) is 0.600. The van der Waals surface area contributed by atoms with Crippen LogP contribution in [-0.4, -0.2) is 6.54 Å². The van der Waals surface area contributed by atoms with Crippen LogP contribution in [-0.2, 0) is 0 Å². The Morgan fingerprint density at radius 2 is 2.15 bits per heavy atom. The van der Waals surface area contributed by atoms with Crippen molar-refractivity contribution in [2.45, 2.75) is 26.7 Å². The lowest BCUT2D eigenvalue weighted by Gasteiger charge is -2.28. The van der Waals surface area contributed by atoms with Gasteiger partial charge in [-0.15, -0.1) is 11.3 Å². The van der Waals surface area contributed by atoms with E-state index in [1.165, 1.54) is 4.88 Å². The summed E-state index contributed by atoms with van der Waals surface area (Å²) in [5.74, 6) is 0.462. The summed E-state index contributed by atoms with van der Waals surface area (Å²) in [5, 5.41) is 2.11. The van der Waals surface area contributed by atoms with Gasteiger partial charge < -0.3 is 5.73 Å². The lowest BCUT2D eigenvalue weighted by molar-refractivity contribution is 0.329. The lowest BCUT2D eigenvalue weighted by atomic mass is 9.80. The number of thiophene rings is 1. The zero-order valence-electron chi connectivity index (χ0n) is 8.30. The minimum Gasteiger partial charge on any atom is -0.330 e. The van der Waals surface area contributed by atoms with Gasteiger partial charge in [0, 0.05) is 27.2 Å². The minimum atomic E-state index is 0.249. The number of hydrogen-bond acceptors (Lipinski definition) is 2. The van der Waals surface area contributed by atoms with Gasteiger partial charge in [0.05, 0.1) is 0 Å². The Balaban J connectivity index is 2.91. The Hall–Kier alpha value is 0.140. The Kier molecular flexibility index (Phi) is 3.55. The molecule has 0 aliphatic carbocycles. The molecule has 0 bridgehead atoms. The van der Waals surface area contributed by atoms with E-state index in [9.17, 15) is 0 Å². The van der Waals surface area contributed by atoms with Gasteiger partial charge in [0.1, 0.15) is 0 Å². The van der Waals surface area contributed by atoms with Gasteiger partial charge in [0.25, 0.3) is 0 Å². The van der Waals surface area contributed by atoms with Crippen LogP contribution in [0.25, 0.3) is 0 Å². The normalized spacial score (nSPS) is 14.5. The van der Waals surface area contributed by atoms with E-state index in [2.05, 4.69) is 48.1 Å². The molecule has 74 valence electrons. The third-order valence-corrected chi connectivity index (χ3v) is 4.02. The Bertz CT molecular complexity index is 275. The molecule has 0 amide bonds. The maximum absolute atomic E-state index is 5.79. The van der Waals surface area contributed by atoms with E-state index in [4.69, 9.17) is 5.73 Å². The van der Waals surface area contributed by atoms with Crippen LogP contribution in [0.5, 0.6) is 0 Å². The molecule has 1 rings (SSSR count). The van der Waals surface area contributed by atoms with E-state index in [0.717, 1.165) is 11.0 Å². The summed E-state index contributed by atoms with van der Waals surface area (Å²) in [5.41, 5.74) is 6.04. The zero-order chi connectivity index (χ0) is 10.1. The highest BCUT2D eigenvalue weighted by molar-refractivity contribution is 9.10. The lowest BCUT2D eigenvalue weighted by Crippen LogP contribution is -2.25. The third kappa shape index (κ3) is 2.79. The van der Waals surface area contributed by atoms with Gasteiger partial charge in [0.2, 0.25) is 0 Å². The molecule has 0 saturated heterocycles. The maximum Gasteiger partial charge on any atom is 0.0285 e. The topological polar surface area (TPSA) is 26.0 Å². The van der Waals surface area contributed by atoms with Crippen molar-refractivity contribution in [3.8, 4) is 0 Å². The van der Waals surface area contributed by atoms with Gasteiger partial charge in [0.15, 0.2) is 0 Å². The predicted octanol–water partition coefficient (Wildman–Crippen LogP) is 3.60. The SMILES string of the molecule is CC(C)(C)C(CN)c1cc(Br)cs1. The first-order chi connectivity index (χ1) is 5.95. The molecular formula is C10H16BrNS. The summed E-state index contributed by atoms with van der Waals surface area (Å²) in [4.78, 5) is 1.38. The van der Waals surface area contributed by atoms with Crippen molar-refractivity contribution < 1.29 is 0 Å². The average Bonchev–Trinajstić information content (AvgIpc) is 2.34. The van der Waals surface area contributed by atoms with Crippen molar-refractivity contribution in [2.75, 3.05) is 6.54 Å². The van der Waals surface area contributed by atoms with Crippen molar-refractivity contribution >= 4 is 27.3 Å². The minimum absolute atomic E-state index is 0.249. The standard InChI is InChI=1S/C10H16BrNS/c1-10(2,3)8(5-12)9-4-7(11)6-13-9/h4,6,8H,5,12H2,1-3H3. The molecule has 0 spiro atoms. The molecule has 0 fully saturated rings. The highest BCUT2D eigenvalue weighted by Gasteiger charge is 2.25. The number of hydrogen-bond donors (Lipinski definition) is 1. The summed E-state index contributed by atoms with van der Waals surface area (Å²) in [7, 11) is 0. The van der Waals surface area contributed by atoms with E-state index < -0.39 is 0 Å². The Morgan fingerprint density at radius 3 is 2.46 bits per heavy atom. The molecule has 1 heterocycles. The monoisotopic (exact) mass is 261 g/mol. The van der Waals surface area contributed by atoms with Crippen LogP contribution in [0.1, 0.15) is 31.6 Å². The molecule has 1 atom stereocenters. The number of nitrogens with two attached hydrogens (primary N) is 1. The molecular weight excluding hydrogens is 246 g/mol. The molecule has 1 aromatic heterocycles. The molecule has 0 aromatic carbocycles. The molecule has 13 heavy (non-hydrogen) atoms.